The maximum absolute atomic E-state index is 12.4. The molecule has 0 fully saturated rings. The van der Waals surface area contributed by atoms with Crippen LogP contribution in [0.15, 0.2) is 72.3 Å². The molecule has 0 saturated carbocycles. The molecule has 0 radical (unpaired) electrons. The normalized spacial score (nSPS) is 11.0. The van der Waals surface area contributed by atoms with Gasteiger partial charge < -0.3 is 10.1 Å². The first-order valence-corrected chi connectivity index (χ1v) is 7.76. The summed E-state index contributed by atoms with van der Waals surface area (Å²) in [6.45, 7) is 0. The van der Waals surface area contributed by atoms with Crippen LogP contribution in [0.25, 0.3) is 16.8 Å². The number of hydrogen-bond acceptors (Lipinski definition) is 3. The van der Waals surface area contributed by atoms with Crippen molar-refractivity contribution in [3.8, 4) is 11.8 Å². The summed E-state index contributed by atoms with van der Waals surface area (Å²) in [6, 6.07) is 22.6. The Balaban J connectivity index is 1.89. The van der Waals surface area contributed by atoms with E-state index in [0.717, 1.165) is 16.3 Å². The molecule has 3 rings (SSSR count). The maximum Gasteiger partial charge on any atom is 0.266 e. The molecule has 0 atom stereocenters. The van der Waals surface area contributed by atoms with Crippen molar-refractivity contribution in [2.24, 2.45) is 0 Å². The van der Waals surface area contributed by atoms with Gasteiger partial charge in [0.2, 0.25) is 0 Å². The van der Waals surface area contributed by atoms with E-state index in [9.17, 15) is 10.1 Å². The van der Waals surface area contributed by atoms with Gasteiger partial charge in [-0.05, 0) is 46.7 Å². The number of nitriles is 1. The van der Waals surface area contributed by atoms with Crippen molar-refractivity contribution in [3.63, 3.8) is 0 Å². The summed E-state index contributed by atoms with van der Waals surface area (Å²) in [7, 11) is 1.58. The minimum Gasteiger partial charge on any atom is -0.497 e. The number of nitrogens with one attached hydrogen (secondary N) is 1. The fourth-order valence-corrected chi connectivity index (χ4v) is 2.55. The van der Waals surface area contributed by atoms with Gasteiger partial charge in [0.1, 0.15) is 17.4 Å². The number of benzene rings is 3. The number of amides is 1. The van der Waals surface area contributed by atoms with Crippen LogP contribution in [0.5, 0.6) is 5.75 Å². The van der Waals surface area contributed by atoms with Gasteiger partial charge in [0.15, 0.2) is 0 Å². The first-order valence-electron chi connectivity index (χ1n) is 7.76. The number of nitrogens with zero attached hydrogens (tertiary/aromatic N) is 1. The Morgan fingerprint density at radius 2 is 1.76 bits per heavy atom. The highest BCUT2D eigenvalue weighted by atomic mass is 16.5. The van der Waals surface area contributed by atoms with Crippen LogP contribution < -0.4 is 10.1 Å². The summed E-state index contributed by atoms with van der Waals surface area (Å²) < 4.78 is 5.09. The molecule has 1 N–H and O–H groups in total. The van der Waals surface area contributed by atoms with Gasteiger partial charge in [0, 0.05) is 5.69 Å². The first kappa shape index (κ1) is 16.3. The van der Waals surface area contributed by atoms with E-state index in [1.54, 1.807) is 37.5 Å². The van der Waals surface area contributed by atoms with Crippen LogP contribution in [-0.2, 0) is 4.79 Å². The van der Waals surface area contributed by atoms with Gasteiger partial charge in [-0.15, -0.1) is 0 Å². The van der Waals surface area contributed by atoms with Crippen molar-refractivity contribution in [2.75, 3.05) is 12.4 Å². The predicted molar refractivity (Wildman–Crippen MR) is 99.2 cm³/mol. The molecule has 4 heteroatoms. The molecule has 0 saturated heterocycles. The molecule has 0 spiro atoms. The molecule has 3 aromatic carbocycles. The van der Waals surface area contributed by atoms with Gasteiger partial charge in [0.05, 0.1) is 7.11 Å². The predicted octanol–water partition coefficient (Wildman–Crippen LogP) is 4.39. The van der Waals surface area contributed by atoms with Crippen molar-refractivity contribution in [3.05, 3.63) is 77.9 Å². The monoisotopic (exact) mass is 328 g/mol. The lowest BCUT2D eigenvalue weighted by Gasteiger charge is -2.06. The van der Waals surface area contributed by atoms with E-state index in [-0.39, 0.29) is 5.57 Å². The summed E-state index contributed by atoms with van der Waals surface area (Å²) in [4.78, 5) is 12.4. The fourth-order valence-electron chi connectivity index (χ4n) is 2.55. The van der Waals surface area contributed by atoms with Crippen LogP contribution in [0.1, 0.15) is 5.56 Å². The summed E-state index contributed by atoms with van der Waals surface area (Å²) in [5.41, 5.74) is 1.48. The third kappa shape index (κ3) is 3.67. The Hall–Kier alpha value is -3.58. The molecule has 0 unspecified atom stereocenters. The Kier molecular flexibility index (Phi) is 4.77. The lowest BCUT2D eigenvalue weighted by Crippen LogP contribution is -2.13. The summed E-state index contributed by atoms with van der Waals surface area (Å²) >= 11 is 0. The van der Waals surface area contributed by atoms with Crippen LogP contribution in [0.3, 0.4) is 0 Å². The number of methoxy groups -OCH3 is 1. The van der Waals surface area contributed by atoms with Crippen LogP contribution >= 0.6 is 0 Å². The van der Waals surface area contributed by atoms with E-state index in [2.05, 4.69) is 5.32 Å². The Labute approximate surface area is 146 Å². The minimum absolute atomic E-state index is 0.0483. The van der Waals surface area contributed by atoms with Crippen molar-refractivity contribution in [2.45, 2.75) is 0 Å². The molecular formula is C21H16N2O2. The largest absolute Gasteiger partial charge is 0.497 e. The molecule has 25 heavy (non-hydrogen) atoms. The molecule has 0 heterocycles. The van der Waals surface area contributed by atoms with Gasteiger partial charge in [-0.3, -0.25) is 4.79 Å². The van der Waals surface area contributed by atoms with Crippen LogP contribution in [0, 0.1) is 11.3 Å². The number of rotatable bonds is 4. The molecule has 0 aliphatic carbocycles. The van der Waals surface area contributed by atoms with Crippen LogP contribution in [-0.4, -0.2) is 13.0 Å². The summed E-state index contributed by atoms with van der Waals surface area (Å²) in [5, 5.41) is 14.2. The number of carbonyl (C=O) groups excluding carboxylic acids is 1. The molecule has 0 bridgehead atoms. The number of carbonyl (C=O) groups is 1. The molecule has 4 nitrogen and oxygen atoms in total. The molecule has 122 valence electrons. The zero-order valence-corrected chi connectivity index (χ0v) is 13.7. The Morgan fingerprint density at radius 1 is 1.04 bits per heavy atom. The second-order valence-electron chi connectivity index (χ2n) is 5.42. The zero-order chi connectivity index (χ0) is 17.6. The first-order chi connectivity index (χ1) is 12.2. The van der Waals surface area contributed by atoms with Crippen molar-refractivity contribution < 1.29 is 9.53 Å². The van der Waals surface area contributed by atoms with Gasteiger partial charge in [-0.2, -0.15) is 5.26 Å². The van der Waals surface area contributed by atoms with Crippen LogP contribution in [0.4, 0.5) is 5.69 Å². The lowest BCUT2D eigenvalue weighted by atomic mass is 10.0. The van der Waals surface area contributed by atoms with E-state index in [4.69, 9.17) is 4.74 Å². The minimum atomic E-state index is -0.444. The highest BCUT2D eigenvalue weighted by molar-refractivity contribution is 6.10. The third-order valence-corrected chi connectivity index (χ3v) is 3.84. The highest BCUT2D eigenvalue weighted by Crippen LogP contribution is 2.21. The number of hydrogen-bond donors (Lipinski definition) is 1. The van der Waals surface area contributed by atoms with Gasteiger partial charge in [-0.1, -0.05) is 42.5 Å². The summed E-state index contributed by atoms with van der Waals surface area (Å²) in [6.07, 6.45) is 1.61. The average Bonchev–Trinajstić information content (AvgIpc) is 2.66. The van der Waals surface area contributed by atoms with E-state index in [1.165, 1.54) is 0 Å². The molecule has 1 amide bonds. The van der Waals surface area contributed by atoms with Crippen molar-refractivity contribution in [1.82, 2.24) is 0 Å². The van der Waals surface area contributed by atoms with Gasteiger partial charge >= 0.3 is 0 Å². The second-order valence-corrected chi connectivity index (χ2v) is 5.42. The summed E-state index contributed by atoms with van der Waals surface area (Å²) in [5.74, 6) is 0.255. The SMILES string of the molecule is COc1ccc(NC(=O)/C(C#N)=C\c2cccc3ccccc23)cc1. The lowest BCUT2D eigenvalue weighted by molar-refractivity contribution is -0.112. The topological polar surface area (TPSA) is 62.1 Å². The smallest absolute Gasteiger partial charge is 0.266 e. The van der Waals surface area contributed by atoms with E-state index in [1.807, 2.05) is 48.5 Å². The molecule has 0 aliphatic heterocycles. The second kappa shape index (κ2) is 7.33. The van der Waals surface area contributed by atoms with Crippen LogP contribution in [0.2, 0.25) is 0 Å². The quantitative estimate of drug-likeness (QED) is 0.570. The van der Waals surface area contributed by atoms with Crippen molar-refractivity contribution >= 4 is 28.4 Å². The average molecular weight is 328 g/mol. The standard InChI is InChI=1S/C21H16N2O2/c1-25-19-11-9-18(10-12-19)23-21(24)17(14-22)13-16-7-4-6-15-5-2-3-8-20(15)16/h2-13H,1H3,(H,23,24)/b17-13-. The molecule has 0 aliphatic rings. The van der Waals surface area contributed by atoms with Gasteiger partial charge in [-0.25, -0.2) is 0 Å². The number of ether oxygens (including phenoxy) is 1. The van der Waals surface area contributed by atoms with E-state index < -0.39 is 5.91 Å². The Morgan fingerprint density at radius 3 is 2.48 bits per heavy atom. The number of anilines is 1. The van der Waals surface area contributed by atoms with E-state index >= 15 is 0 Å². The fraction of sp³-hybridized carbons (Fsp3) is 0.0476. The third-order valence-electron chi connectivity index (χ3n) is 3.84. The Bertz CT molecular complexity index is 977. The van der Waals surface area contributed by atoms with Crippen molar-refractivity contribution in [1.29, 1.82) is 5.26 Å². The maximum atomic E-state index is 12.4. The highest BCUT2D eigenvalue weighted by Gasteiger charge is 2.10. The zero-order valence-electron chi connectivity index (χ0n) is 13.7. The molecule has 0 aromatic heterocycles. The molecular weight excluding hydrogens is 312 g/mol. The van der Waals surface area contributed by atoms with E-state index in [0.29, 0.717) is 11.4 Å². The van der Waals surface area contributed by atoms with Gasteiger partial charge in [0.25, 0.3) is 5.91 Å². The molecule has 3 aromatic rings. The number of fused-ring (bicyclic) bond motifs is 1.